The number of aliphatic hydroxyl groups excluding tert-OH is 1. The molecule has 1 N–H and O–H groups in total. The van der Waals surface area contributed by atoms with Crippen molar-refractivity contribution in [2.45, 2.75) is 46.3 Å². The third kappa shape index (κ3) is 4.85. The van der Waals surface area contributed by atoms with Crippen LogP contribution in [0.15, 0.2) is 48.0 Å². The number of hydrogen-bond donors (Lipinski definition) is 1. The highest BCUT2D eigenvalue weighted by atomic mass is 19.1. The molecule has 2 aromatic carbocycles. The third-order valence-electron chi connectivity index (χ3n) is 5.37. The molecule has 0 spiro atoms. The van der Waals surface area contributed by atoms with Gasteiger partial charge in [0.15, 0.2) is 0 Å². The number of benzene rings is 2. The Bertz CT molecular complexity index is 1010. The summed E-state index contributed by atoms with van der Waals surface area (Å²) >= 11 is 0. The Morgan fingerprint density at radius 2 is 1.81 bits per heavy atom. The fraction of sp³-hybridized carbons (Fsp3) is 0.360. The second-order valence-corrected chi connectivity index (χ2v) is 8.14. The molecule has 31 heavy (non-hydrogen) atoms. The van der Waals surface area contributed by atoms with Gasteiger partial charge >= 0.3 is 0 Å². The number of halogens is 1. The minimum Gasteiger partial charge on any atom is -0.507 e. The highest BCUT2D eigenvalue weighted by molar-refractivity contribution is 6.46. The molecule has 0 aliphatic carbocycles. The first-order valence-corrected chi connectivity index (χ1v) is 10.4. The third-order valence-corrected chi connectivity index (χ3v) is 5.37. The van der Waals surface area contributed by atoms with E-state index in [2.05, 4.69) is 0 Å². The van der Waals surface area contributed by atoms with Gasteiger partial charge in [0.2, 0.25) is 0 Å². The molecule has 1 fully saturated rings. The lowest BCUT2D eigenvalue weighted by Crippen LogP contribution is -2.31. The molecule has 1 heterocycles. The van der Waals surface area contributed by atoms with E-state index in [1.54, 1.807) is 18.2 Å². The number of likely N-dealkylation sites (tertiary alicyclic amines) is 1. The number of nitrogens with zero attached hydrogens (tertiary/aromatic N) is 1. The average molecular weight is 426 g/mol. The number of rotatable bonds is 7. The summed E-state index contributed by atoms with van der Waals surface area (Å²) in [6.45, 7) is 8.29. The summed E-state index contributed by atoms with van der Waals surface area (Å²) in [6.07, 6.45) is 0.597. The summed E-state index contributed by atoms with van der Waals surface area (Å²) < 4.78 is 19.1. The maximum Gasteiger partial charge on any atom is 0.295 e. The van der Waals surface area contributed by atoms with Crippen molar-refractivity contribution >= 4 is 17.4 Å². The van der Waals surface area contributed by atoms with Crippen molar-refractivity contribution < 1.29 is 23.8 Å². The first kappa shape index (κ1) is 22.7. The molecule has 1 atom stereocenters. The lowest BCUT2D eigenvalue weighted by molar-refractivity contribution is -0.140. The van der Waals surface area contributed by atoms with E-state index < -0.39 is 23.5 Å². The van der Waals surface area contributed by atoms with Crippen LogP contribution in [-0.4, -0.2) is 41.0 Å². The van der Waals surface area contributed by atoms with Gasteiger partial charge in [0, 0.05) is 18.7 Å². The molecule has 0 aromatic heterocycles. The van der Waals surface area contributed by atoms with Gasteiger partial charge in [0.05, 0.1) is 17.7 Å². The number of ketones is 1. The first-order valence-electron chi connectivity index (χ1n) is 10.4. The molecule has 1 saturated heterocycles. The molecule has 1 amide bonds. The van der Waals surface area contributed by atoms with Crippen LogP contribution in [0.1, 0.15) is 48.6 Å². The summed E-state index contributed by atoms with van der Waals surface area (Å²) in [4.78, 5) is 27.3. The highest BCUT2D eigenvalue weighted by Gasteiger charge is 2.45. The van der Waals surface area contributed by atoms with Crippen LogP contribution in [0.4, 0.5) is 4.39 Å². The fourth-order valence-corrected chi connectivity index (χ4v) is 3.79. The predicted octanol–water partition coefficient (Wildman–Crippen LogP) is 4.68. The van der Waals surface area contributed by atoms with Gasteiger partial charge in [-0.1, -0.05) is 29.8 Å². The monoisotopic (exact) mass is 425 g/mol. The van der Waals surface area contributed by atoms with Gasteiger partial charge in [-0.3, -0.25) is 9.59 Å². The molecule has 0 saturated carbocycles. The molecule has 0 radical (unpaired) electrons. The minimum absolute atomic E-state index is 0.0232. The lowest BCUT2D eigenvalue weighted by atomic mass is 9.93. The number of carbonyl (C=O) groups is 2. The molecule has 3 rings (SSSR count). The van der Waals surface area contributed by atoms with Crippen molar-refractivity contribution in [2.75, 3.05) is 13.2 Å². The first-order chi connectivity index (χ1) is 14.7. The van der Waals surface area contributed by atoms with E-state index in [9.17, 15) is 19.1 Å². The fourth-order valence-electron chi connectivity index (χ4n) is 3.79. The average Bonchev–Trinajstić information content (AvgIpc) is 2.97. The number of aliphatic hydroxyl groups is 1. The second kappa shape index (κ2) is 9.43. The Labute approximate surface area is 182 Å². The van der Waals surface area contributed by atoms with Gasteiger partial charge in [0.25, 0.3) is 11.7 Å². The van der Waals surface area contributed by atoms with Crippen LogP contribution in [0.3, 0.4) is 0 Å². The summed E-state index contributed by atoms with van der Waals surface area (Å²) in [6, 6.07) is 10.4. The Hall–Kier alpha value is -2.99. The largest absolute Gasteiger partial charge is 0.507 e. The van der Waals surface area contributed by atoms with E-state index in [0.29, 0.717) is 24.2 Å². The zero-order valence-corrected chi connectivity index (χ0v) is 18.3. The normalized spacial score (nSPS) is 18.3. The van der Waals surface area contributed by atoms with Crippen LogP contribution in [0.25, 0.3) is 5.76 Å². The van der Waals surface area contributed by atoms with Crippen molar-refractivity contribution in [1.82, 2.24) is 4.90 Å². The van der Waals surface area contributed by atoms with E-state index in [0.717, 1.165) is 11.1 Å². The van der Waals surface area contributed by atoms with Crippen molar-refractivity contribution in [3.8, 4) is 0 Å². The SMILES string of the molecule is Cc1ccc(C)c(/C(O)=C2\C(=O)C(=O)N(CCCOC(C)C)C2c2ccc(F)cc2)c1. The molecular weight excluding hydrogens is 397 g/mol. The van der Waals surface area contributed by atoms with Crippen molar-refractivity contribution in [2.24, 2.45) is 0 Å². The molecule has 5 nitrogen and oxygen atoms in total. The Balaban J connectivity index is 2.07. The van der Waals surface area contributed by atoms with Gasteiger partial charge in [0.1, 0.15) is 11.6 Å². The number of hydrogen-bond acceptors (Lipinski definition) is 4. The standard InChI is InChI=1S/C25H28FNO4/c1-15(2)31-13-5-12-27-22(18-8-10-19(26)11-9-18)21(24(29)25(27)30)23(28)20-14-16(3)6-7-17(20)4/h6-11,14-15,22,28H,5,12-13H2,1-4H3/b23-21+. The van der Waals surface area contributed by atoms with Crippen LogP contribution in [0.2, 0.25) is 0 Å². The zero-order valence-electron chi connectivity index (χ0n) is 18.3. The van der Waals surface area contributed by atoms with Crippen molar-refractivity contribution in [3.63, 3.8) is 0 Å². The molecule has 1 unspecified atom stereocenters. The molecule has 2 aromatic rings. The smallest absolute Gasteiger partial charge is 0.295 e. The van der Waals surface area contributed by atoms with Crippen LogP contribution >= 0.6 is 0 Å². The molecule has 6 heteroatoms. The highest BCUT2D eigenvalue weighted by Crippen LogP contribution is 2.40. The van der Waals surface area contributed by atoms with Crippen LogP contribution in [-0.2, 0) is 14.3 Å². The molecule has 0 bridgehead atoms. The van der Waals surface area contributed by atoms with Gasteiger partial charge in [-0.15, -0.1) is 0 Å². The van der Waals surface area contributed by atoms with Crippen LogP contribution < -0.4 is 0 Å². The van der Waals surface area contributed by atoms with E-state index >= 15 is 0 Å². The van der Waals surface area contributed by atoms with Crippen LogP contribution in [0.5, 0.6) is 0 Å². The number of ether oxygens (including phenoxy) is 1. The quantitative estimate of drug-likeness (QED) is 0.303. The maximum absolute atomic E-state index is 13.5. The maximum atomic E-state index is 13.5. The number of carbonyl (C=O) groups excluding carboxylic acids is 2. The molecule has 1 aliphatic heterocycles. The van der Waals surface area contributed by atoms with Crippen molar-refractivity contribution in [3.05, 3.63) is 76.1 Å². The van der Waals surface area contributed by atoms with Crippen molar-refractivity contribution in [1.29, 1.82) is 0 Å². The van der Waals surface area contributed by atoms with Crippen LogP contribution in [0, 0.1) is 19.7 Å². The molecule has 1 aliphatic rings. The molecule has 164 valence electrons. The summed E-state index contributed by atoms with van der Waals surface area (Å²) in [5.41, 5.74) is 2.81. The van der Waals surface area contributed by atoms with E-state index in [4.69, 9.17) is 4.74 Å². The second-order valence-electron chi connectivity index (χ2n) is 8.14. The zero-order chi connectivity index (χ0) is 22.7. The Morgan fingerprint density at radius 1 is 1.13 bits per heavy atom. The van der Waals surface area contributed by atoms with E-state index in [1.807, 2.05) is 39.8 Å². The summed E-state index contributed by atoms with van der Waals surface area (Å²) in [5.74, 6) is -2.04. The van der Waals surface area contributed by atoms with E-state index in [1.165, 1.54) is 17.0 Å². The molecular formula is C25H28FNO4. The van der Waals surface area contributed by atoms with Gasteiger partial charge in [-0.25, -0.2) is 4.39 Å². The van der Waals surface area contributed by atoms with Gasteiger partial charge in [-0.2, -0.15) is 0 Å². The minimum atomic E-state index is -0.792. The summed E-state index contributed by atoms with van der Waals surface area (Å²) in [7, 11) is 0. The Morgan fingerprint density at radius 3 is 2.45 bits per heavy atom. The summed E-state index contributed by atoms with van der Waals surface area (Å²) in [5, 5.41) is 11.1. The lowest BCUT2D eigenvalue weighted by Gasteiger charge is -2.25. The number of aryl methyl sites for hydroxylation is 2. The van der Waals surface area contributed by atoms with Gasteiger partial charge < -0.3 is 14.7 Å². The Kier molecular flexibility index (Phi) is 6.91. The topological polar surface area (TPSA) is 66.8 Å². The predicted molar refractivity (Wildman–Crippen MR) is 117 cm³/mol. The number of amides is 1. The van der Waals surface area contributed by atoms with Gasteiger partial charge in [-0.05, 0) is 63.4 Å². The van der Waals surface area contributed by atoms with E-state index in [-0.39, 0.29) is 24.0 Å². The number of Topliss-reactive ketones (excluding diaryl/α,β-unsaturated/α-hetero) is 1.